The normalized spacial score (nSPS) is 23.4. The van der Waals surface area contributed by atoms with Crippen molar-refractivity contribution in [1.82, 2.24) is 5.32 Å². The van der Waals surface area contributed by atoms with Gasteiger partial charge in [-0.2, -0.15) is 0 Å². The first-order chi connectivity index (χ1) is 8.81. The molecule has 18 heavy (non-hydrogen) atoms. The van der Waals surface area contributed by atoms with Crippen LogP contribution in [0.15, 0.2) is 24.3 Å². The van der Waals surface area contributed by atoms with Gasteiger partial charge in [0, 0.05) is 26.8 Å². The van der Waals surface area contributed by atoms with Crippen molar-refractivity contribution in [2.45, 2.75) is 32.6 Å². The molecule has 1 heterocycles. The predicted molar refractivity (Wildman–Crippen MR) is 72.4 cm³/mol. The smallest absolute Gasteiger partial charge is 0.0716 e. The molecule has 2 atom stereocenters. The zero-order chi connectivity index (χ0) is 12.8. The second-order valence-corrected chi connectivity index (χ2v) is 4.96. The van der Waals surface area contributed by atoms with Crippen molar-refractivity contribution in [1.29, 1.82) is 0 Å². The zero-order valence-electron chi connectivity index (χ0n) is 11.3. The Bertz CT molecular complexity index is 367. The van der Waals surface area contributed by atoms with Crippen LogP contribution in [0.25, 0.3) is 0 Å². The van der Waals surface area contributed by atoms with Gasteiger partial charge in [0.2, 0.25) is 0 Å². The molecular weight excluding hydrogens is 226 g/mol. The first kappa shape index (κ1) is 13.5. The monoisotopic (exact) mass is 249 g/mol. The van der Waals surface area contributed by atoms with Crippen molar-refractivity contribution in [3.05, 3.63) is 35.4 Å². The van der Waals surface area contributed by atoms with E-state index in [-0.39, 0.29) is 0 Å². The van der Waals surface area contributed by atoms with E-state index in [1.54, 1.807) is 7.11 Å². The van der Waals surface area contributed by atoms with E-state index in [4.69, 9.17) is 9.47 Å². The Labute approximate surface area is 109 Å². The summed E-state index contributed by atoms with van der Waals surface area (Å²) in [4.78, 5) is 0. The Morgan fingerprint density at radius 1 is 1.33 bits per heavy atom. The second-order valence-electron chi connectivity index (χ2n) is 4.96. The number of hydrogen-bond donors (Lipinski definition) is 1. The Morgan fingerprint density at radius 2 is 2.11 bits per heavy atom. The summed E-state index contributed by atoms with van der Waals surface area (Å²) in [5.41, 5.74) is 2.59. The summed E-state index contributed by atoms with van der Waals surface area (Å²) in [6.45, 7) is 5.69. The van der Waals surface area contributed by atoms with E-state index >= 15 is 0 Å². The SMILES string of the molecule is COCc1ccccc1CNCC1CCOC1C. The minimum atomic E-state index is 0.395. The summed E-state index contributed by atoms with van der Waals surface area (Å²) in [6, 6.07) is 8.43. The van der Waals surface area contributed by atoms with E-state index in [1.807, 2.05) is 0 Å². The number of hydrogen-bond acceptors (Lipinski definition) is 3. The highest BCUT2D eigenvalue weighted by atomic mass is 16.5. The standard InChI is InChI=1S/C15H23NO2/c1-12-13(7-8-18-12)9-16-10-14-5-3-4-6-15(14)11-17-2/h3-6,12-13,16H,7-11H2,1-2H3. The molecule has 1 aromatic rings. The first-order valence-electron chi connectivity index (χ1n) is 6.69. The molecule has 0 spiro atoms. The predicted octanol–water partition coefficient (Wildman–Crippen LogP) is 2.35. The molecule has 0 aromatic heterocycles. The van der Waals surface area contributed by atoms with Gasteiger partial charge in [-0.15, -0.1) is 0 Å². The van der Waals surface area contributed by atoms with Crippen molar-refractivity contribution < 1.29 is 9.47 Å². The molecule has 0 radical (unpaired) electrons. The molecule has 2 unspecified atom stereocenters. The Kier molecular flexibility index (Phi) is 5.17. The maximum absolute atomic E-state index is 5.57. The number of benzene rings is 1. The summed E-state index contributed by atoms with van der Waals surface area (Å²) in [5.74, 6) is 0.652. The van der Waals surface area contributed by atoms with Crippen LogP contribution in [0.1, 0.15) is 24.5 Å². The van der Waals surface area contributed by atoms with E-state index in [0.717, 1.165) is 19.7 Å². The van der Waals surface area contributed by atoms with Gasteiger partial charge in [-0.05, 0) is 30.4 Å². The summed E-state index contributed by atoms with van der Waals surface area (Å²) in [7, 11) is 1.74. The fourth-order valence-electron chi connectivity index (χ4n) is 2.46. The lowest BCUT2D eigenvalue weighted by molar-refractivity contribution is 0.105. The van der Waals surface area contributed by atoms with Crippen LogP contribution >= 0.6 is 0 Å². The van der Waals surface area contributed by atoms with E-state index in [1.165, 1.54) is 17.5 Å². The van der Waals surface area contributed by atoms with Crippen LogP contribution in [0.2, 0.25) is 0 Å². The van der Waals surface area contributed by atoms with Gasteiger partial charge in [0.15, 0.2) is 0 Å². The topological polar surface area (TPSA) is 30.5 Å². The van der Waals surface area contributed by atoms with Gasteiger partial charge in [-0.1, -0.05) is 24.3 Å². The van der Waals surface area contributed by atoms with Crippen LogP contribution in [0.4, 0.5) is 0 Å². The van der Waals surface area contributed by atoms with Crippen LogP contribution in [-0.2, 0) is 22.6 Å². The molecule has 1 N–H and O–H groups in total. The van der Waals surface area contributed by atoms with Gasteiger partial charge in [-0.25, -0.2) is 0 Å². The molecule has 3 nitrogen and oxygen atoms in total. The molecule has 2 rings (SSSR count). The van der Waals surface area contributed by atoms with Gasteiger partial charge in [0.1, 0.15) is 0 Å². The van der Waals surface area contributed by atoms with Crippen molar-refractivity contribution >= 4 is 0 Å². The van der Waals surface area contributed by atoms with Gasteiger partial charge < -0.3 is 14.8 Å². The molecule has 0 bridgehead atoms. The third-order valence-corrected chi connectivity index (χ3v) is 3.67. The molecule has 100 valence electrons. The molecule has 0 saturated carbocycles. The number of ether oxygens (including phenoxy) is 2. The molecule has 3 heteroatoms. The van der Waals surface area contributed by atoms with Crippen molar-refractivity contribution in [3.8, 4) is 0 Å². The molecule has 0 aliphatic carbocycles. The minimum Gasteiger partial charge on any atom is -0.380 e. The zero-order valence-corrected chi connectivity index (χ0v) is 11.3. The number of rotatable bonds is 6. The molecule has 1 saturated heterocycles. The number of nitrogens with one attached hydrogen (secondary N) is 1. The first-order valence-corrected chi connectivity index (χ1v) is 6.69. The van der Waals surface area contributed by atoms with Gasteiger partial charge in [-0.3, -0.25) is 0 Å². The van der Waals surface area contributed by atoms with Crippen molar-refractivity contribution in [2.75, 3.05) is 20.3 Å². The maximum atomic E-state index is 5.57. The molecular formula is C15H23NO2. The average molecular weight is 249 g/mol. The fraction of sp³-hybridized carbons (Fsp3) is 0.600. The van der Waals surface area contributed by atoms with E-state index in [0.29, 0.717) is 18.6 Å². The average Bonchev–Trinajstić information content (AvgIpc) is 2.78. The quantitative estimate of drug-likeness (QED) is 0.839. The lowest BCUT2D eigenvalue weighted by atomic mass is 10.0. The Balaban J connectivity index is 1.82. The molecule has 1 fully saturated rings. The largest absolute Gasteiger partial charge is 0.380 e. The highest BCUT2D eigenvalue weighted by molar-refractivity contribution is 5.26. The molecule has 0 amide bonds. The van der Waals surface area contributed by atoms with Crippen LogP contribution in [0.3, 0.4) is 0 Å². The lowest BCUT2D eigenvalue weighted by Gasteiger charge is -2.16. The summed E-state index contributed by atoms with van der Waals surface area (Å²) >= 11 is 0. The number of methoxy groups -OCH3 is 1. The summed E-state index contributed by atoms with van der Waals surface area (Å²) in [5, 5.41) is 3.54. The summed E-state index contributed by atoms with van der Waals surface area (Å²) in [6.07, 6.45) is 1.57. The second kappa shape index (κ2) is 6.88. The van der Waals surface area contributed by atoms with E-state index in [9.17, 15) is 0 Å². The van der Waals surface area contributed by atoms with E-state index < -0.39 is 0 Å². The Morgan fingerprint density at radius 3 is 2.78 bits per heavy atom. The van der Waals surface area contributed by atoms with Crippen LogP contribution in [0.5, 0.6) is 0 Å². The fourth-order valence-corrected chi connectivity index (χ4v) is 2.46. The van der Waals surface area contributed by atoms with Gasteiger partial charge >= 0.3 is 0 Å². The van der Waals surface area contributed by atoms with Crippen molar-refractivity contribution in [2.24, 2.45) is 5.92 Å². The van der Waals surface area contributed by atoms with Gasteiger partial charge in [0.05, 0.1) is 12.7 Å². The van der Waals surface area contributed by atoms with Gasteiger partial charge in [0.25, 0.3) is 0 Å². The third kappa shape index (κ3) is 3.55. The maximum Gasteiger partial charge on any atom is 0.0716 e. The highest BCUT2D eigenvalue weighted by Crippen LogP contribution is 2.19. The minimum absolute atomic E-state index is 0.395. The molecule has 1 aliphatic heterocycles. The van der Waals surface area contributed by atoms with E-state index in [2.05, 4.69) is 36.5 Å². The summed E-state index contributed by atoms with van der Waals surface area (Å²) < 4.78 is 10.8. The Hall–Kier alpha value is -0.900. The van der Waals surface area contributed by atoms with Crippen LogP contribution in [0, 0.1) is 5.92 Å². The van der Waals surface area contributed by atoms with Crippen LogP contribution in [-0.4, -0.2) is 26.4 Å². The highest BCUT2D eigenvalue weighted by Gasteiger charge is 2.23. The third-order valence-electron chi connectivity index (χ3n) is 3.67. The van der Waals surface area contributed by atoms with Crippen LogP contribution < -0.4 is 5.32 Å². The molecule has 1 aromatic carbocycles. The van der Waals surface area contributed by atoms with Crippen molar-refractivity contribution in [3.63, 3.8) is 0 Å². The molecule has 1 aliphatic rings. The lowest BCUT2D eigenvalue weighted by Crippen LogP contribution is -2.27.